The Morgan fingerprint density at radius 3 is 2.17 bits per heavy atom. The fraction of sp³-hybridized carbons (Fsp3) is 0.244. The van der Waals surface area contributed by atoms with Gasteiger partial charge in [-0.1, -0.05) is 48.0 Å². The molecule has 3 aromatic carbocycles. The van der Waals surface area contributed by atoms with E-state index in [1.807, 2.05) is 30.0 Å². The summed E-state index contributed by atoms with van der Waals surface area (Å²) >= 11 is 9.91. The maximum absolute atomic E-state index is 13.0. The lowest BCUT2D eigenvalue weighted by Gasteiger charge is -2.34. The standard InChI is InChI=1S/C41H37BrClF3N4O4/c1-28-22-32(23-36(43)40(28)54-38-14-12-35(25-48-38)53-27-31-6-9-33(10-7-31)41(44,45)46)8-15-39(51)50-19-17-49(18-20-50)26-30-4-2-29(3-5-30)16-21-52-34-11-13-37(42)47-24-34/h2-15,22-25H,16-21,26-27H2,1H3/b15-8+. The van der Waals surface area contributed by atoms with Crippen LogP contribution in [0.25, 0.3) is 6.08 Å². The maximum Gasteiger partial charge on any atom is 0.416 e. The molecule has 13 heteroatoms. The Bertz CT molecular complexity index is 2020. The average Bonchev–Trinajstić information content (AvgIpc) is 3.16. The van der Waals surface area contributed by atoms with Crippen LogP contribution in [0.3, 0.4) is 0 Å². The van der Waals surface area contributed by atoms with Crippen LogP contribution in [-0.4, -0.2) is 58.5 Å². The topological polar surface area (TPSA) is 77.0 Å². The number of pyridine rings is 2. The lowest BCUT2D eigenvalue weighted by Crippen LogP contribution is -2.47. The fourth-order valence-electron chi connectivity index (χ4n) is 5.76. The van der Waals surface area contributed by atoms with Gasteiger partial charge in [0.1, 0.15) is 22.7 Å². The number of carbonyl (C=O) groups is 1. The molecule has 1 saturated heterocycles. The Morgan fingerprint density at radius 2 is 1.52 bits per heavy atom. The molecular formula is C41H37BrClF3N4O4. The Balaban J connectivity index is 0.929. The normalized spacial score (nSPS) is 13.6. The summed E-state index contributed by atoms with van der Waals surface area (Å²) in [7, 11) is 0. The molecule has 0 spiro atoms. The van der Waals surface area contributed by atoms with Crippen LogP contribution >= 0.6 is 27.5 Å². The highest BCUT2D eigenvalue weighted by Crippen LogP contribution is 2.34. The average molecular weight is 822 g/mol. The third-order valence-electron chi connectivity index (χ3n) is 8.75. The smallest absolute Gasteiger partial charge is 0.416 e. The van der Waals surface area contributed by atoms with E-state index < -0.39 is 11.7 Å². The van der Waals surface area contributed by atoms with Crippen LogP contribution in [0.4, 0.5) is 13.2 Å². The number of hydrogen-bond acceptors (Lipinski definition) is 7. The van der Waals surface area contributed by atoms with Crippen molar-refractivity contribution in [2.45, 2.75) is 32.7 Å². The maximum atomic E-state index is 13.0. The predicted octanol–water partition coefficient (Wildman–Crippen LogP) is 9.57. The molecule has 1 aliphatic heterocycles. The number of nitrogens with zero attached hydrogens (tertiary/aromatic N) is 4. The first-order valence-corrected chi connectivity index (χ1v) is 18.4. The second kappa shape index (κ2) is 17.9. The zero-order valence-electron chi connectivity index (χ0n) is 29.4. The highest BCUT2D eigenvalue weighted by atomic mass is 79.9. The van der Waals surface area contributed by atoms with Gasteiger partial charge in [0.2, 0.25) is 11.8 Å². The molecule has 0 atom stereocenters. The fourth-order valence-corrected chi connectivity index (χ4v) is 6.31. The van der Waals surface area contributed by atoms with Crippen molar-refractivity contribution < 1.29 is 32.2 Å². The molecule has 0 saturated carbocycles. The largest absolute Gasteiger partial charge is 0.492 e. The molecule has 6 rings (SSSR count). The van der Waals surface area contributed by atoms with Gasteiger partial charge in [0, 0.05) is 51.3 Å². The number of rotatable bonds is 13. The Morgan fingerprint density at radius 1 is 0.852 bits per heavy atom. The van der Waals surface area contributed by atoms with E-state index in [9.17, 15) is 18.0 Å². The summed E-state index contributed by atoms with van der Waals surface area (Å²) in [6.45, 7) is 6.19. The molecular weight excluding hydrogens is 785 g/mol. The number of aromatic nitrogens is 2. The molecule has 5 aromatic rings. The minimum atomic E-state index is -4.39. The predicted molar refractivity (Wildman–Crippen MR) is 205 cm³/mol. The number of ether oxygens (including phenoxy) is 3. The number of halogens is 5. The summed E-state index contributed by atoms with van der Waals surface area (Å²) in [5.41, 5.74) is 3.83. The Labute approximate surface area is 325 Å². The van der Waals surface area contributed by atoms with Crippen molar-refractivity contribution >= 4 is 39.5 Å². The van der Waals surface area contributed by atoms with Crippen LogP contribution in [0.2, 0.25) is 5.02 Å². The van der Waals surface area contributed by atoms with E-state index in [0.29, 0.717) is 41.8 Å². The molecule has 2 aromatic heterocycles. The van der Waals surface area contributed by atoms with Gasteiger partial charge < -0.3 is 19.1 Å². The van der Waals surface area contributed by atoms with E-state index in [4.69, 9.17) is 25.8 Å². The monoisotopic (exact) mass is 820 g/mol. The van der Waals surface area contributed by atoms with Gasteiger partial charge in [-0.3, -0.25) is 9.69 Å². The van der Waals surface area contributed by atoms with Crippen molar-refractivity contribution in [3.63, 3.8) is 0 Å². The van der Waals surface area contributed by atoms with Crippen molar-refractivity contribution in [1.82, 2.24) is 19.8 Å². The van der Waals surface area contributed by atoms with Crippen LogP contribution in [0.15, 0.2) is 108 Å². The zero-order chi connectivity index (χ0) is 38.1. The minimum absolute atomic E-state index is 0.0564. The molecule has 54 heavy (non-hydrogen) atoms. The highest BCUT2D eigenvalue weighted by molar-refractivity contribution is 9.10. The van der Waals surface area contributed by atoms with E-state index in [-0.39, 0.29) is 18.4 Å². The Hall–Kier alpha value is -4.91. The van der Waals surface area contributed by atoms with Gasteiger partial charge in [0.25, 0.3) is 0 Å². The van der Waals surface area contributed by atoms with Gasteiger partial charge in [-0.2, -0.15) is 13.2 Å². The summed E-state index contributed by atoms with van der Waals surface area (Å²) < 4.78 is 56.6. The van der Waals surface area contributed by atoms with Crippen molar-refractivity contribution in [3.05, 3.63) is 146 Å². The molecule has 8 nitrogen and oxygen atoms in total. The third kappa shape index (κ3) is 11.1. The summed E-state index contributed by atoms with van der Waals surface area (Å²) in [6.07, 6.45) is 2.90. The van der Waals surface area contributed by atoms with Gasteiger partial charge in [-0.25, -0.2) is 9.97 Å². The summed E-state index contributed by atoms with van der Waals surface area (Å²) in [4.78, 5) is 25.7. The van der Waals surface area contributed by atoms with E-state index in [1.165, 1.54) is 29.5 Å². The first-order valence-electron chi connectivity index (χ1n) is 17.2. The van der Waals surface area contributed by atoms with E-state index in [2.05, 4.69) is 55.1 Å². The molecule has 1 aliphatic rings. The first kappa shape index (κ1) is 38.8. The van der Waals surface area contributed by atoms with E-state index in [1.54, 1.807) is 36.5 Å². The Kier molecular flexibility index (Phi) is 12.9. The van der Waals surface area contributed by atoms with Gasteiger partial charge >= 0.3 is 6.18 Å². The van der Waals surface area contributed by atoms with Crippen LogP contribution in [0.1, 0.15) is 33.4 Å². The number of hydrogen-bond donors (Lipinski definition) is 0. The van der Waals surface area contributed by atoms with Crippen LogP contribution in [-0.2, 0) is 30.5 Å². The first-order chi connectivity index (χ1) is 26.0. The molecule has 0 radical (unpaired) electrons. The minimum Gasteiger partial charge on any atom is -0.492 e. The van der Waals surface area contributed by atoms with Gasteiger partial charge in [0.05, 0.1) is 29.6 Å². The van der Waals surface area contributed by atoms with Crippen molar-refractivity contribution in [2.75, 3.05) is 32.8 Å². The number of benzene rings is 3. The molecule has 280 valence electrons. The van der Waals surface area contributed by atoms with Crippen LogP contribution in [0.5, 0.6) is 23.1 Å². The summed E-state index contributed by atoms with van der Waals surface area (Å²) in [5.74, 6) is 1.83. The lowest BCUT2D eigenvalue weighted by molar-refractivity contribution is -0.137. The highest BCUT2D eigenvalue weighted by Gasteiger charge is 2.30. The molecule has 0 aliphatic carbocycles. The van der Waals surface area contributed by atoms with E-state index >= 15 is 0 Å². The number of alkyl halides is 3. The van der Waals surface area contributed by atoms with Crippen molar-refractivity contribution in [2.24, 2.45) is 0 Å². The van der Waals surface area contributed by atoms with Crippen molar-refractivity contribution in [1.29, 1.82) is 0 Å². The molecule has 0 N–H and O–H groups in total. The second-order valence-electron chi connectivity index (χ2n) is 12.7. The molecule has 0 bridgehead atoms. The summed E-state index contributed by atoms with van der Waals surface area (Å²) in [6, 6.07) is 24.0. The third-order valence-corrected chi connectivity index (χ3v) is 9.50. The molecule has 1 fully saturated rings. The lowest BCUT2D eigenvalue weighted by atomic mass is 10.1. The number of piperazine rings is 1. The van der Waals surface area contributed by atoms with Crippen molar-refractivity contribution in [3.8, 4) is 23.1 Å². The quantitative estimate of drug-likeness (QED) is 0.0866. The van der Waals surface area contributed by atoms with E-state index in [0.717, 1.165) is 59.7 Å². The van der Waals surface area contributed by atoms with Gasteiger partial charge in [-0.15, -0.1) is 0 Å². The number of carbonyl (C=O) groups excluding carboxylic acids is 1. The zero-order valence-corrected chi connectivity index (χ0v) is 31.7. The molecule has 3 heterocycles. The van der Waals surface area contributed by atoms with Gasteiger partial charge in [-0.05, 0) is 99.2 Å². The summed E-state index contributed by atoms with van der Waals surface area (Å²) in [5, 5.41) is 0.361. The second-order valence-corrected chi connectivity index (χ2v) is 14.0. The van der Waals surface area contributed by atoms with Crippen LogP contribution < -0.4 is 14.2 Å². The van der Waals surface area contributed by atoms with Gasteiger partial charge in [0.15, 0.2) is 5.75 Å². The van der Waals surface area contributed by atoms with Crippen LogP contribution in [0, 0.1) is 6.92 Å². The number of aryl methyl sites for hydroxylation is 1. The number of amides is 1. The SMILES string of the molecule is Cc1cc(/C=C/C(=O)N2CCN(Cc3ccc(CCOc4ccc(Br)nc4)cc3)CC2)cc(Cl)c1Oc1ccc(OCc2ccc(C(F)(F)F)cc2)cn1. The molecule has 1 amide bonds. The molecule has 0 unspecified atom stereocenters.